The highest BCUT2D eigenvalue weighted by Crippen LogP contribution is 2.13. The molecule has 0 bridgehead atoms. The molecule has 0 amide bonds. The minimum atomic E-state index is -0.00495. The van der Waals surface area contributed by atoms with Gasteiger partial charge in [0.1, 0.15) is 5.75 Å². The normalized spacial score (nSPS) is 12.2. The van der Waals surface area contributed by atoms with Gasteiger partial charge in [-0.3, -0.25) is 4.99 Å². The van der Waals surface area contributed by atoms with E-state index in [2.05, 4.69) is 42.5 Å². The lowest BCUT2D eigenvalue weighted by Crippen LogP contribution is -2.47. The Morgan fingerprint density at radius 1 is 1.32 bits per heavy atom. The van der Waals surface area contributed by atoms with Gasteiger partial charge in [-0.15, -0.1) is 0 Å². The molecule has 1 aromatic carbocycles. The fourth-order valence-corrected chi connectivity index (χ4v) is 1.63. The smallest absolute Gasteiger partial charge is 0.191 e. The Morgan fingerprint density at radius 2 is 2.05 bits per heavy atom. The Morgan fingerprint density at radius 3 is 2.63 bits per heavy atom. The Hall–Kier alpha value is -1.71. The first-order valence-electron chi connectivity index (χ1n) is 6.65. The first-order valence-corrected chi connectivity index (χ1v) is 6.65. The van der Waals surface area contributed by atoms with Gasteiger partial charge >= 0.3 is 0 Å². The molecule has 0 atom stereocenters. The maximum absolute atomic E-state index is 5.49. The summed E-state index contributed by atoms with van der Waals surface area (Å²) in [5, 5.41) is 6.62. The summed E-state index contributed by atoms with van der Waals surface area (Å²) in [6, 6.07) is 8.08. The van der Waals surface area contributed by atoms with Crippen molar-refractivity contribution in [3.63, 3.8) is 0 Å². The lowest BCUT2D eigenvalue weighted by atomic mass is 10.1. The highest BCUT2D eigenvalue weighted by molar-refractivity contribution is 5.80. The van der Waals surface area contributed by atoms with Crippen LogP contribution in [0.5, 0.6) is 5.75 Å². The molecule has 1 rings (SSSR count). The second-order valence-corrected chi connectivity index (χ2v) is 5.38. The molecule has 106 valence electrons. The third-order valence-electron chi connectivity index (χ3n) is 2.39. The quantitative estimate of drug-likeness (QED) is 0.648. The average Bonchev–Trinajstić information content (AvgIpc) is 2.34. The zero-order valence-electron chi connectivity index (χ0n) is 12.6. The molecule has 4 nitrogen and oxygen atoms in total. The molecule has 2 N–H and O–H groups in total. The van der Waals surface area contributed by atoms with Crippen molar-refractivity contribution in [1.29, 1.82) is 0 Å². The van der Waals surface area contributed by atoms with Gasteiger partial charge in [0.25, 0.3) is 0 Å². The van der Waals surface area contributed by atoms with Gasteiger partial charge in [0.2, 0.25) is 0 Å². The Bertz CT molecular complexity index is 422. The minimum absolute atomic E-state index is 0.00495. The van der Waals surface area contributed by atoms with E-state index in [1.807, 2.05) is 25.1 Å². The number of ether oxygens (including phenoxy) is 1. The lowest BCUT2D eigenvalue weighted by molar-refractivity contribution is 0.340. The molecule has 0 aromatic heterocycles. The van der Waals surface area contributed by atoms with Crippen LogP contribution in [0.1, 0.15) is 33.3 Å². The van der Waals surface area contributed by atoms with Gasteiger partial charge in [0, 0.05) is 19.1 Å². The topological polar surface area (TPSA) is 45.6 Å². The summed E-state index contributed by atoms with van der Waals surface area (Å²) in [5.74, 6) is 1.70. The van der Waals surface area contributed by atoms with Crippen molar-refractivity contribution in [1.82, 2.24) is 10.6 Å². The summed E-state index contributed by atoms with van der Waals surface area (Å²) in [7, 11) is 1.78. The van der Waals surface area contributed by atoms with E-state index in [4.69, 9.17) is 4.74 Å². The number of hydrogen-bond donors (Lipinski definition) is 2. The van der Waals surface area contributed by atoms with Crippen LogP contribution in [0.3, 0.4) is 0 Å². The van der Waals surface area contributed by atoms with Crippen LogP contribution < -0.4 is 15.4 Å². The van der Waals surface area contributed by atoms with Crippen molar-refractivity contribution in [2.45, 2.75) is 39.8 Å². The molecule has 0 radical (unpaired) electrons. The maximum Gasteiger partial charge on any atom is 0.191 e. The third kappa shape index (κ3) is 6.13. The predicted molar refractivity (Wildman–Crippen MR) is 80.7 cm³/mol. The number of nitrogens with zero attached hydrogens (tertiary/aromatic N) is 1. The highest BCUT2D eigenvalue weighted by Gasteiger charge is 2.11. The second kappa shape index (κ2) is 7.02. The van der Waals surface area contributed by atoms with Gasteiger partial charge in [-0.05, 0) is 45.4 Å². The Balaban J connectivity index is 2.58. The SMILES string of the molecule is CCOc1cccc(CNC(=NC)NC(C)(C)C)c1. The molecule has 0 aliphatic heterocycles. The van der Waals surface area contributed by atoms with Crippen molar-refractivity contribution >= 4 is 5.96 Å². The molecular weight excluding hydrogens is 238 g/mol. The molecule has 0 spiro atoms. The van der Waals surface area contributed by atoms with Crippen LogP contribution >= 0.6 is 0 Å². The number of guanidine groups is 1. The molecule has 0 unspecified atom stereocenters. The van der Waals surface area contributed by atoms with Gasteiger partial charge < -0.3 is 15.4 Å². The van der Waals surface area contributed by atoms with Crippen LogP contribution in [0.15, 0.2) is 29.3 Å². The molecule has 0 aliphatic carbocycles. The highest BCUT2D eigenvalue weighted by atomic mass is 16.5. The molecule has 4 heteroatoms. The number of aliphatic imine (C=N–C) groups is 1. The summed E-state index contributed by atoms with van der Waals surface area (Å²) in [6.07, 6.45) is 0. The summed E-state index contributed by atoms with van der Waals surface area (Å²) in [5.41, 5.74) is 1.16. The van der Waals surface area contributed by atoms with E-state index in [1.54, 1.807) is 7.05 Å². The lowest BCUT2D eigenvalue weighted by Gasteiger charge is -2.23. The van der Waals surface area contributed by atoms with Crippen LogP contribution in [0.4, 0.5) is 0 Å². The third-order valence-corrected chi connectivity index (χ3v) is 2.39. The van der Waals surface area contributed by atoms with Crippen LogP contribution in [-0.4, -0.2) is 25.2 Å². The fraction of sp³-hybridized carbons (Fsp3) is 0.533. The van der Waals surface area contributed by atoms with Crippen molar-refractivity contribution in [3.8, 4) is 5.75 Å². The molecular formula is C15H25N3O. The molecule has 0 heterocycles. The van der Waals surface area contributed by atoms with Crippen molar-refractivity contribution < 1.29 is 4.74 Å². The minimum Gasteiger partial charge on any atom is -0.494 e. The van der Waals surface area contributed by atoms with E-state index < -0.39 is 0 Å². The average molecular weight is 263 g/mol. The van der Waals surface area contributed by atoms with Crippen molar-refractivity contribution in [3.05, 3.63) is 29.8 Å². The molecule has 0 saturated heterocycles. The number of rotatable bonds is 4. The number of hydrogen-bond acceptors (Lipinski definition) is 2. The standard InChI is InChI=1S/C15H25N3O/c1-6-19-13-9-7-8-12(10-13)11-17-14(16-5)18-15(2,3)4/h7-10H,6,11H2,1-5H3,(H2,16,17,18). The van der Waals surface area contributed by atoms with Crippen LogP contribution in [-0.2, 0) is 6.54 Å². The van der Waals surface area contributed by atoms with Crippen LogP contribution in [0.2, 0.25) is 0 Å². The first kappa shape index (κ1) is 15.3. The zero-order valence-corrected chi connectivity index (χ0v) is 12.6. The van der Waals surface area contributed by atoms with E-state index in [0.717, 1.165) is 18.3 Å². The molecule has 1 aromatic rings. The van der Waals surface area contributed by atoms with Gasteiger partial charge in [0.15, 0.2) is 5.96 Å². The Kier molecular flexibility index (Phi) is 5.67. The van der Waals surface area contributed by atoms with Crippen LogP contribution in [0, 0.1) is 0 Å². The van der Waals surface area contributed by atoms with Gasteiger partial charge in [-0.1, -0.05) is 12.1 Å². The summed E-state index contributed by atoms with van der Waals surface area (Å²) in [4.78, 5) is 4.21. The summed E-state index contributed by atoms with van der Waals surface area (Å²) in [6.45, 7) is 9.71. The summed E-state index contributed by atoms with van der Waals surface area (Å²) >= 11 is 0. The van der Waals surface area contributed by atoms with Crippen molar-refractivity contribution in [2.75, 3.05) is 13.7 Å². The zero-order chi connectivity index (χ0) is 14.3. The second-order valence-electron chi connectivity index (χ2n) is 5.38. The van der Waals surface area contributed by atoms with E-state index in [-0.39, 0.29) is 5.54 Å². The van der Waals surface area contributed by atoms with Crippen molar-refractivity contribution in [2.24, 2.45) is 4.99 Å². The fourth-order valence-electron chi connectivity index (χ4n) is 1.63. The largest absolute Gasteiger partial charge is 0.494 e. The molecule has 0 fully saturated rings. The monoisotopic (exact) mass is 263 g/mol. The molecule has 19 heavy (non-hydrogen) atoms. The van der Waals surface area contributed by atoms with Gasteiger partial charge in [-0.25, -0.2) is 0 Å². The van der Waals surface area contributed by atoms with E-state index >= 15 is 0 Å². The van der Waals surface area contributed by atoms with E-state index in [1.165, 1.54) is 5.56 Å². The van der Waals surface area contributed by atoms with Gasteiger partial charge in [-0.2, -0.15) is 0 Å². The number of benzene rings is 1. The molecule has 0 aliphatic rings. The predicted octanol–water partition coefficient (Wildman–Crippen LogP) is 2.55. The summed E-state index contributed by atoms with van der Waals surface area (Å²) < 4.78 is 5.49. The van der Waals surface area contributed by atoms with E-state index in [9.17, 15) is 0 Å². The van der Waals surface area contributed by atoms with Gasteiger partial charge in [0.05, 0.1) is 6.61 Å². The maximum atomic E-state index is 5.49. The van der Waals surface area contributed by atoms with Crippen LogP contribution in [0.25, 0.3) is 0 Å². The first-order chi connectivity index (χ1) is 8.94. The van der Waals surface area contributed by atoms with E-state index in [0.29, 0.717) is 6.61 Å². The number of nitrogens with one attached hydrogen (secondary N) is 2. The Labute approximate surface area is 116 Å². The molecule has 0 saturated carbocycles.